The maximum atomic E-state index is 12.8. The van der Waals surface area contributed by atoms with E-state index in [1.165, 1.54) is 0 Å². The third-order valence-electron chi connectivity index (χ3n) is 4.51. The predicted octanol–water partition coefficient (Wildman–Crippen LogP) is 0.474. The number of aliphatic imine (C=N–C) groups is 1. The van der Waals surface area contributed by atoms with Gasteiger partial charge in [-0.2, -0.15) is 0 Å². The van der Waals surface area contributed by atoms with Crippen LogP contribution in [0.5, 0.6) is 0 Å². The molecule has 2 fully saturated rings. The van der Waals surface area contributed by atoms with Gasteiger partial charge in [0.15, 0.2) is 6.79 Å². The Morgan fingerprint density at radius 1 is 1.29 bits per heavy atom. The molecule has 0 saturated carbocycles. The summed E-state index contributed by atoms with van der Waals surface area (Å²) in [4.78, 5) is 21.1. The quantitative estimate of drug-likeness (QED) is 0.688. The van der Waals surface area contributed by atoms with Gasteiger partial charge in [-0.1, -0.05) is 0 Å². The standard InChI is InChI=1S/C16H19N3O4S/c20-15-11-8-13-14(23-10-22-13)9-12(11)17-16(24)19(15)3-1-2-18-4-6-21-7-5-18/h8-9,13H,1-7,10H2. The molecule has 3 heterocycles. The van der Waals surface area contributed by atoms with Gasteiger partial charge in [-0.15, -0.1) is 0 Å². The summed E-state index contributed by atoms with van der Waals surface area (Å²) in [5.41, 5.74) is 1.13. The first kappa shape index (κ1) is 15.9. The molecular formula is C16H19N3O4S. The average Bonchev–Trinajstić information content (AvgIpc) is 3.04. The van der Waals surface area contributed by atoms with Gasteiger partial charge in [0.05, 0.1) is 24.5 Å². The normalized spacial score (nSPS) is 27.1. The number of thiocarbonyl (C=S) groups is 1. The lowest BCUT2D eigenvalue weighted by Crippen LogP contribution is -2.44. The van der Waals surface area contributed by atoms with Crippen molar-refractivity contribution in [2.45, 2.75) is 12.5 Å². The van der Waals surface area contributed by atoms with Crippen molar-refractivity contribution in [1.82, 2.24) is 9.80 Å². The number of amides is 1. The predicted molar refractivity (Wildman–Crippen MR) is 90.6 cm³/mol. The Morgan fingerprint density at radius 3 is 2.96 bits per heavy atom. The number of nitrogens with zero attached hydrogens (tertiary/aromatic N) is 3. The molecule has 0 aromatic heterocycles. The molecule has 0 N–H and O–H groups in total. The van der Waals surface area contributed by atoms with E-state index in [-0.39, 0.29) is 18.8 Å². The number of hydrogen-bond acceptors (Lipinski definition) is 6. The molecule has 128 valence electrons. The van der Waals surface area contributed by atoms with E-state index >= 15 is 0 Å². The molecule has 8 heteroatoms. The molecule has 0 spiro atoms. The number of rotatable bonds is 4. The van der Waals surface area contributed by atoms with Crippen LogP contribution in [0, 0.1) is 0 Å². The molecule has 24 heavy (non-hydrogen) atoms. The fraction of sp³-hybridized carbons (Fsp3) is 0.562. The van der Waals surface area contributed by atoms with Crippen molar-refractivity contribution in [3.63, 3.8) is 0 Å². The van der Waals surface area contributed by atoms with E-state index in [1.807, 2.05) is 0 Å². The van der Waals surface area contributed by atoms with Crippen LogP contribution in [0.4, 0.5) is 0 Å². The fourth-order valence-corrected chi connectivity index (χ4v) is 3.46. The van der Waals surface area contributed by atoms with Crippen molar-refractivity contribution in [2.24, 2.45) is 4.99 Å². The zero-order valence-electron chi connectivity index (χ0n) is 13.3. The summed E-state index contributed by atoms with van der Waals surface area (Å²) in [5, 5.41) is 0.323. The van der Waals surface area contributed by atoms with E-state index in [9.17, 15) is 4.79 Å². The molecule has 3 aliphatic heterocycles. The fourth-order valence-electron chi connectivity index (χ4n) is 3.19. The van der Waals surface area contributed by atoms with Crippen molar-refractivity contribution >= 4 is 28.9 Å². The van der Waals surface area contributed by atoms with E-state index in [0.29, 0.717) is 28.7 Å². The first-order chi connectivity index (χ1) is 11.7. The van der Waals surface area contributed by atoms with Crippen LogP contribution in [-0.2, 0) is 19.0 Å². The maximum Gasteiger partial charge on any atom is 0.262 e. The highest BCUT2D eigenvalue weighted by atomic mass is 32.1. The van der Waals surface area contributed by atoms with E-state index in [2.05, 4.69) is 9.89 Å². The van der Waals surface area contributed by atoms with Gasteiger partial charge in [-0.3, -0.25) is 14.6 Å². The van der Waals surface area contributed by atoms with Crippen molar-refractivity contribution in [3.05, 3.63) is 23.5 Å². The topological polar surface area (TPSA) is 63.6 Å². The van der Waals surface area contributed by atoms with Crippen molar-refractivity contribution in [1.29, 1.82) is 0 Å². The molecule has 0 radical (unpaired) electrons. The van der Waals surface area contributed by atoms with E-state index in [1.54, 1.807) is 17.1 Å². The van der Waals surface area contributed by atoms with Gasteiger partial charge in [0.1, 0.15) is 11.9 Å². The van der Waals surface area contributed by atoms with Crippen molar-refractivity contribution in [3.8, 4) is 0 Å². The van der Waals surface area contributed by atoms with Gasteiger partial charge in [0, 0.05) is 32.3 Å². The molecule has 2 saturated heterocycles. The molecule has 1 unspecified atom stereocenters. The van der Waals surface area contributed by atoms with E-state index in [4.69, 9.17) is 26.4 Å². The van der Waals surface area contributed by atoms with Crippen LogP contribution >= 0.6 is 12.2 Å². The minimum absolute atomic E-state index is 0.0993. The van der Waals surface area contributed by atoms with Gasteiger partial charge in [0.25, 0.3) is 5.91 Å². The second-order valence-electron chi connectivity index (χ2n) is 6.02. The molecule has 7 nitrogen and oxygen atoms in total. The number of fused-ring (bicyclic) bond motifs is 2. The maximum absolute atomic E-state index is 12.8. The Morgan fingerprint density at radius 2 is 2.12 bits per heavy atom. The average molecular weight is 349 g/mol. The molecule has 1 amide bonds. The van der Waals surface area contributed by atoms with Crippen molar-refractivity contribution < 1.29 is 19.0 Å². The number of carbonyl (C=O) groups excluding carboxylic acids is 1. The number of ether oxygens (including phenoxy) is 3. The summed E-state index contributed by atoms with van der Waals surface area (Å²) >= 11 is 5.32. The summed E-state index contributed by atoms with van der Waals surface area (Å²) < 4.78 is 16.1. The summed E-state index contributed by atoms with van der Waals surface area (Å²) in [7, 11) is 0. The zero-order chi connectivity index (χ0) is 16.5. The van der Waals surface area contributed by atoms with Crippen LogP contribution in [0.2, 0.25) is 0 Å². The Labute approximate surface area is 145 Å². The number of carbonyl (C=O) groups is 1. The van der Waals surface area contributed by atoms with Crippen LogP contribution in [-0.4, -0.2) is 78.8 Å². The Bertz CT molecular complexity index is 652. The molecule has 4 rings (SSSR count). The third-order valence-corrected chi connectivity index (χ3v) is 4.82. The highest BCUT2D eigenvalue weighted by Crippen LogP contribution is 2.28. The lowest BCUT2D eigenvalue weighted by atomic mass is 9.98. The van der Waals surface area contributed by atoms with Crippen LogP contribution in [0.1, 0.15) is 6.42 Å². The second-order valence-corrected chi connectivity index (χ2v) is 6.39. The summed E-state index contributed by atoms with van der Waals surface area (Å²) in [6.45, 7) is 5.14. The zero-order valence-corrected chi connectivity index (χ0v) is 14.1. The summed E-state index contributed by atoms with van der Waals surface area (Å²) in [6.07, 6.45) is 4.10. The number of morpholine rings is 1. The third kappa shape index (κ3) is 3.02. The molecule has 1 aliphatic carbocycles. The van der Waals surface area contributed by atoms with Gasteiger partial charge in [0.2, 0.25) is 5.11 Å². The minimum atomic E-state index is -0.287. The monoisotopic (exact) mass is 349 g/mol. The van der Waals surface area contributed by atoms with Crippen LogP contribution < -0.4 is 0 Å². The number of allylic oxidation sites excluding steroid dienone is 1. The minimum Gasteiger partial charge on any atom is -0.469 e. The Kier molecular flexibility index (Phi) is 4.45. The first-order valence-electron chi connectivity index (χ1n) is 8.15. The summed E-state index contributed by atoms with van der Waals surface area (Å²) in [6, 6.07) is 0. The molecular weight excluding hydrogens is 330 g/mol. The van der Waals surface area contributed by atoms with E-state index < -0.39 is 0 Å². The lowest BCUT2D eigenvalue weighted by molar-refractivity contribution is -0.123. The molecule has 0 aromatic carbocycles. The SMILES string of the molecule is O=C1C2=CC3OCOC3=CC2=NC(=S)N1CCCN1CCOCC1. The largest absolute Gasteiger partial charge is 0.469 e. The number of hydrogen-bond donors (Lipinski definition) is 0. The first-order valence-corrected chi connectivity index (χ1v) is 8.56. The molecule has 0 aromatic rings. The highest BCUT2D eigenvalue weighted by molar-refractivity contribution is 7.80. The molecule has 1 atom stereocenters. The Balaban J connectivity index is 1.42. The van der Waals surface area contributed by atoms with Gasteiger partial charge in [-0.05, 0) is 24.7 Å². The van der Waals surface area contributed by atoms with Crippen LogP contribution in [0.25, 0.3) is 0 Å². The smallest absolute Gasteiger partial charge is 0.262 e. The van der Waals surface area contributed by atoms with Crippen LogP contribution in [0.3, 0.4) is 0 Å². The lowest BCUT2D eigenvalue weighted by Gasteiger charge is -2.30. The van der Waals surface area contributed by atoms with Gasteiger partial charge in [-0.25, -0.2) is 4.99 Å². The highest BCUT2D eigenvalue weighted by Gasteiger charge is 2.36. The van der Waals surface area contributed by atoms with Gasteiger partial charge >= 0.3 is 0 Å². The second kappa shape index (κ2) is 6.72. The molecule has 4 aliphatic rings. The van der Waals surface area contributed by atoms with Crippen molar-refractivity contribution in [2.75, 3.05) is 46.2 Å². The van der Waals surface area contributed by atoms with Crippen LogP contribution in [0.15, 0.2) is 28.5 Å². The summed E-state index contributed by atoms with van der Waals surface area (Å²) in [5.74, 6) is 0.589. The van der Waals surface area contributed by atoms with E-state index in [0.717, 1.165) is 39.3 Å². The Hall–Kier alpha value is -1.61. The molecule has 0 bridgehead atoms. The van der Waals surface area contributed by atoms with Gasteiger partial charge < -0.3 is 14.2 Å².